The monoisotopic (exact) mass is 279 g/mol. The van der Waals surface area contributed by atoms with Crippen LogP contribution in [0.4, 0.5) is 0 Å². The molecule has 1 aliphatic carbocycles. The number of fused-ring (bicyclic) bond motifs is 1. The first-order chi connectivity index (χ1) is 9.11. The Labute approximate surface area is 115 Å². The van der Waals surface area contributed by atoms with Crippen LogP contribution in [0, 0.1) is 5.41 Å². The van der Waals surface area contributed by atoms with E-state index in [9.17, 15) is 9.90 Å². The van der Waals surface area contributed by atoms with E-state index in [4.69, 9.17) is 16.0 Å². The zero-order valence-corrected chi connectivity index (χ0v) is 11.1. The van der Waals surface area contributed by atoms with E-state index in [0.717, 1.165) is 12.8 Å². The van der Waals surface area contributed by atoms with E-state index in [-0.39, 0.29) is 0 Å². The maximum atomic E-state index is 11.5. The number of para-hydroxylation sites is 1. The van der Waals surface area contributed by atoms with Crippen LogP contribution in [0.15, 0.2) is 22.6 Å². The van der Waals surface area contributed by atoms with Crippen molar-refractivity contribution < 1.29 is 14.3 Å². The Morgan fingerprint density at radius 1 is 1.42 bits per heavy atom. The average molecular weight is 280 g/mol. The summed E-state index contributed by atoms with van der Waals surface area (Å²) in [5.41, 5.74) is 0.506. The van der Waals surface area contributed by atoms with Gasteiger partial charge in [-0.25, -0.2) is 4.98 Å². The first kappa shape index (κ1) is 12.5. The summed E-state index contributed by atoms with van der Waals surface area (Å²) < 4.78 is 5.63. The number of aromatic nitrogens is 1. The van der Waals surface area contributed by atoms with E-state index >= 15 is 0 Å². The van der Waals surface area contributed by atoms with Crippen LogP contribution in [0.1, 0.15) is 31.6 Å². The minimum Gasteiger partial charge on any atom is -0.481 e. The van der Waals surface area contributed by atoms with Crippen LogP contribution in [0.25, 0.3) is 11.1 Å². The lowest BCUT2D eigenvalue weighted by atomic mass is 9.83. The predicted octanol–water partition coefficient (Wildman–Crippen LogP) is 3.67. The Kier molecular flexibility index (Phi) is 2.97. The van der Waals surface area contributed by atoms with Crippen molar-refractivity contribution in [3.63, 3.8) is 0 Å². The molecule has 5 heteroatoms. The molecule has 0 spiro atoms. The standard InChI is InChI=1S/C14H14ClNO3/c15-9-4-3-5-10-12(9)19-11(16-10)8-14(13(17)18)6-1-2-7-14/h3-5H,1-2,6-8H2,(H,17,18). The van der Waals surface area contributed by atoms with Gasteiger partial charge in [-0.15, -0.1) is 0 Å². The van der Waals surface area contributed by atoms with Crippen molar-refractivity contribution in [2.45, 2.75) is 32.1 Å². The summed E-state index contributed by atoms with van der Waals surface area (Å²) in [6.07, 6.45) is 3.62. The number of halogens is 1. The molecule has 19 heavy (non-hydrogen) atoms. The molecule has 1 aromatic heterocycles. The first-order valence-corrected chi connectivity index (χ1v) is 6.76. The third-order valence-electron chi connectivity index (χ3n) is 3.92. The molecule has 1 heterocycles. The zero-order valence-electron chi connectivity index (χ0n) is 10.4. The van der Waals surface area contributed by atoms with Crippen molar-refractivity contribution in [1.29, 1.82) is 0 Å². The Morgan fingerprint density at radius 3 is 2.79 bits per heavy atom. The van der Waals surface area contributed by atoms with Crippen molar-refractivity contribution in [3.8, 4) is 0 Å². The van der Waals surface area contributed by atoms with Gasteiger partial charge >= 0.3 is 5.97 Å². The van der Waals surface area contributed by atoms with Crippen LogP contribution in [-0.4, -0.2) is 16.1 Å². The normalized spacial score (nSPS) is 17.9. The Balaban J connectivity index is 1.96. The molecule has 0 unspecified atom stereocenters. The van der Waals surface area contributed by atoms with Gasteiger partial charge in [0.05, 0.1) is 10.4 Å². The fraction of sp³-hybridized carbons (Fsp3) is 0.429. The SMILES string of the molecule is O=C(O)C1(Cc2nc3cccc(Cl)c3o2)CCCC1. The van der Waals surface area contributed by atoms with Crippen molar-refractivity contribution in [2.24, 2.45) is 5.41 Å². The molecule has 0 radical (unpaired) electrons. The number of nitrogens with zero attached hydrogens (tertiary/aromatic N) is 1. The van der Waals surface area contributed by atoms with Gasteiger partial charge in [-0.3, -0.25) is 4.79 Å². The fourth-order valence-electron chi connectivity index (χ4n) is 2.84. The maximum absolute atomic E-state index is 11.5. The van der Waals surface area contributed by atoms with Gasteiger partial charge in [0.1, 0.15) is 5.52 Å². The van der Waals surface area contributed by atoms with E-state index < -0.39 is 11.4 Å². The second-order valence-electron chi connectivity index (χ2n) is 5.17. The number of aliphatic carboxylic acids is 1. The maximum Gasteiger partial charge on any atom is 0.310 e. The average Bonchev–Trinajstić information content (AvgIpc) is 2.97. The first-order valence-electron chi connectivity index (χ1n) is 6.38. The number of benzene rings is 1. The summed E-state index contributed by atoms with van der Waals surface area (Å²) in [5.74, 6) is -0.286. The van der Waals surface area contributed by atoms with Gasteiger partial charge in [-0.1, -0.05) is 30.5 Å². The molecule has 3 rings (SSSR count). The molecule has 1 saturated carbocycles. The number of carboxylic acids is 1. The van der Waals surface area contributed by atoms with Gasteiger partial charge in [-0.2, -0.15) is 0 Å². The molecular formula is C14H14ClNO3. The van der Waals surface area contributed by atoms with E-state index in [1.165, 1.54) is 0 Å². The van der Waals surface area contributed by atoms with Crippen LogP contribution in [-0.2, 0) is 11.2 Å². The lowest BCUT2D eigenvalue weighted by Crippen LogP contribution is -2.30. The zero-order chi connectivity index (χ0) is 13.5. The van der Waals surface area contributed by atoms with Gasteiger partial charge in [0.25, 0.3) is 0 Å². The smallest absolute Gasteiger partial charge is 0.310 e. The van der Waals surface area contributed by atoms with Gasteiger partial charge in [0.2, 0.25) is 0 Å². The molecule has 0 amide bonds. The highest BCUT2D eigenvalue weighted by atomic mass is 35.5. The topological polar surface area (TPSA) is 63.3 Å². The lowest BCUT2D eigenvalue weighted by Gasteiger charge is -2.21. The lowest BCUT2D eigenvalue weighted by molar-refractivity contribution is -0.148. The van der Waals surface area contributed by atoms with Gasteiger partial charge in [0.15, 0.2) is 11.5 Å². The molecule has 0 atom stereocenters. The highest BCUT2D eigenvalue weighted by Crippen LogP contribution is 2.41. The summed E-state index contributed by atoms with van der Waals surface area (Å²) in [5, 5.41) is 9.97. The van der Waals surface area contributed by atoms with Crippen molar-refractivity contribution in [3.05, 3.63) is 29.1 Å². The van der Waals surface area contributed by atoms with Gasteiger partial charge < -0.3 is 9.52 Å². The number of carboxylic acid groups (broad SMARTS) is 1. The number of hydrogen-bond donors (Lipinski definition) is 1. The number of oxazole rings is 1. The molecule has 2 aromatic rings. The molecule has 1 aromatic carbocycles. The van der Waals surface area contributed by atoms with Crippen LogP contribution in [0.3, 0.4) is 0 Å². The number of rotatable bonds is 3. The van der Waals surface area contributed by atoms with Gasteiger partial charge in [0, 0.05) is 6.42 Å². The summed E-state index contributed by atoms with van der Waals surface area (Å²) in [6.45, 7) is 0. The minimum atomic E-state index is -0.752. The largest absolute Gasteiger partial charge is 0.481 e. The summed E-state index contributed by atoms with van der Waals surface area (Å²) in [4.78, 5) is 15.9. The molecule has 4 nitrogen and oxygen atoms in total. The molecule has 0 aliphatic heterocycles. The third kappa shape index (κ3) is 2.10. The third-order valence-corrected chi connectivity index (χ3v) is 4.21. The van der Waals surface area contributed by atoms with E-state index in [1.54, 1.807) is 12.1 Å². The summed E-state index contributed by atoms with van der Waals surface area (Å²) in [6, 6.07) is 5.36. The second kappa shape index (κ2) is 4.53. The molecule has 1 aliphatic rings. The Hall–Kier alpha value is -1.55. The van der Waals surface area contributed by atoms with Crippen molar-refractivity contribution in [1.82, 2.24) is 4.98 Å². The molecule has 0 saturated heterocycles. The van der Waals surface area contributed by atoms with E-state index in [1.807, 2.05) is 6.07 Å². The van der Waals surface area contributed by atoms with Crippen LogP contribution < -0.4 is 0 Å². The number of carbonyl (C=O) groups is 1. The Morgan fingerprint density at radius 2 is 2.16 bits per heavy atom. The van der Waals surface area contributed by atoms with E-state index in [0.29, 0.717) is 41.3 Å². The highest BCUT2D eigenvalue weighted by Gasteiger charge is 2.42. The molecule has 0 bridgehead atoms. The molecule has 1 fully saturated rings. The van der Waals surface area contributed by atoms with Crippen LogP contribution in [0.2, 0.25) is 5.02 Å². The van der Waals surface area contributed by atoms with Crippen molar-refractivity contribution >= 4 is 28.7 Å². The minimum absolute atomic E-state index is 0.341. The molecule has 1 N–H and O–H groups in total. The van der Waals surface area contributed by atoms with Crippen LogP contribution >= 0.6 is 11.6 Å². The quantitative estimate of drug-likeness (QED) is 0.931. The summed E-state index contributed by atoms with van der Waals surface area (Å²) >= 11 is 6.03. The Bertz CT molecular complexity index is 629. The van der Waals surface area contributed by atoms with Crippen molar-refractivity contribution in [2.75, 3.05) is 0 Å². The number of hydrogen-bond acceptors (Lipinski definition) is 3. The molecule has 100 valence electrons. The predicted molar refractivity (Wildman–Crippen MR) is 71.3 cm³/mol. The summed E-state index contributed by atoms with van der Waals surface area (Å²) in [7, 11) is 0. The second-order valence-corrected chi connectivity index (χ2v) is 5.57. The van der Waals surface area contributed by atoms with Crippen LogP contribution in [0.5, 0.6) is 0 Å². The highest BCUT2D eigenvalue weighted by molar-refractivity contribution is 6.34. The van der Waals surface area contributed by atoms with E-state index in [2.05, 4.69) is 4.98 Å². The van der Waals surface area contributed by atoms with Gasteiger partial charge in [-0.05, 0) is 25.0 Å². The molecular weight excluding hydrogens is 266 g/mol. The fourth-order valence-corrected chi connectivity index (χ4v) is 3.05.